The standard InChI is InChI=1S/C15H17NO.ClH/c16-14(9-10-5-6-10)12-7-8-15(17)13-4-2-1-3-11(12)13;/h1-4,7-8,10,14,17H,5-6,9,16H2;1H/t14-;/m0./s1. The first-order chi connectivity index (χ1) is 8.25. The van der Waals surface area contributed by atoms with Gasteiger partial charge in [0.1, 0.15) is 5.75 Å². The molecule has 1 aliphatic carbocycles. The molecular weight excluding hydrogens is 246 g/mol. The second-order valence-corrected chi connectivity index (χ2v) is 5.01. The van der Waals surface area contributed by atoms with Crippen LogP contribution in [-0.2, 0) is 0 Å². The number of phenols is 1. The summed E-state index contributed by atoms with van der Waals surface area (Å²) in [7, 11) is 0. The molecule has 3 N–H and O–H groups in total. The zero-order valence-corrected chi connectivity index (χ0v) is 11.0. The molecule has 2 aromatic carbocycles. The fraction of sp³-hybridized carbons (Fsp3) is 0.333. The van der Waals surface area contributed by atoms with Crippen molar-refractivity contribution in [2.75, 3.05) is 0 Å². The van der Waals surface area contributed by atoms with Crippen molar-refractivity contribution < 1.29 is 5.11 Å². The monoisotopic (exact) mass is 263 g/mol. The molecule has 18 heavy (non-hydrogen) atoms. The van der Waals surface area contributed by atoms with Crippen molar-refractivity contribution in [3.63, 3.8) is 0 Å². The van der Waals surface area contributed by atoms with Gasteiger partial charge in [-0.1, -0.05) is 43.2 Å². The van der Waals surface area contributed by atoms with Crippen molar-refractivity contribution in [3.8, 4) is 5.75 Å². The maximum Gasteiger partial charge on any atom is 0.123 e. The minimum atomic E-state index is 0. The van der Waals surface area contributed by atoms with Gasteiger partial charge in [0.15, 0.2) is 0 Å². The van der Waals surface area contributed by atoms with Crippen LogP contribution >= 0.6 is 12.4 Å². The van der Waals surface area contributed by atoms with Crippen LogP contribution in [0, 0.1) is 5.92 Å². The molecule has 0 spiro atoms. The van der Waals surface area contributed by atoms with Gasteiger partial charge in [0.25, 0.3) is 0 Å². The van der Waals surface area contributed by atoms with Crippen LogP contribution in [0.4, 0.5) is 0 Å². The normalized spacial score (nSPS) is 16.3. The number of hydrogen-bond donors (Lipinski definition) is 2. The third-order valence-electron chi connectivity index (χ3n) is 3.62. The molecule has 0 bridgehead atoms. The van der Waals surface area contributed by atoms with Gasteiger partial charge in [0, 0.05) is 11.4 Å². The average Bonchev–Trinajstić information content (AvgIpc) is 3.14. The van der Waals surface area contributed by atoms with Gasteiger partial charge in [0.2, 0.25) is 0 Å². The summed E-state index contributed by atoms with van der Waals surface area (Å²) >= 11 is 0. The molecule has 1 saturated carbocycles. The molecule has 0 aromatic heterocycles. The predicted octanol–water partition coefficient (Wildman–Crippen LogP) is 3.77. The van der Waals surface area contributed by atoms with Crippen LogP contribution in [0.25, 0.3) is 10.8 Å². The molecule has 1 fully saturated rings. The van der Waals surface area contributed by atoms with Gasteiger partial charge in [-0.3, -0.25) is 0 Å². The summed E-state index contributed by atoms with van der Waals surface area (Å²) in [5, 5.41) is 11.8. The summed E-state index contributed by atoms with van der Waals surface area (Å²) in [5.41, 5.74) is 7.43. The molecule has 3 rings (SSSR count). The van der Waals surface area contributed by atoms with Gasteiger partial charge in [-0.05, 0) is 29.4 Å². The summed E-state index contributed by atoms with van der Waals surface area (Å²) in [6.07, 6.45) is 3.71. The van der Waals surface area contributed by atoms with Gasteiger partial charge in [-0.2, -0.15) is 0 Å². The average molecular weight is 264 g/mol. The van der Waals surface area contributed by atoms with Crippen molar-refractivity contribution in [1.29, 1.82) is 0 Å². The molecule has 0 unspecified atom stereocenters. The van der Waals surface area contributed by atoms with Crippen molar-refractivity contribution in [1.82, 2.24) is 0 Å². The largest absolute Gasteiger partial charge is 0.507 e. The van der Waals surface area contributed by atoms with E-state index < -0.39 is 0 Å². The Balaban J connectivity index is 0.00000120. The maximum absolute atomic E-state index is 9.83. The molecule has 96 valence electrons. The highest BCUT2D eigenvalue weighted by Gasteiger charge is 2.25. The summed E-state index contributed by atoms with van der Waals surface area (Å²) in [4.78, 5) is 0. The molecular formula is C15H18ClNO. The number of rotatable bonds is 3. The second kappa shape index (κ2) is 5.17. The Morgan fingerprint density at radius 3 is 2.44 bits per heavy atom. The summed E-state index contributed by atoms with van der Waals surface area (Å²) in [5.74, 6) is 1.15. The lowest BCUT2D eigenvalue weighted by atomic mass is 9.95. The SMILES string of the molecule is Cl.N[C@@H](CC1CC1)c1ccc(O)c2ccccc12. The smallest absolute Gasteiger partial charge is 0.123 e. The minimum absolute atomic E-state index is 0. The van der Waals surface area contributed by atoms with Crippen LogP contribution in [0.2, 0.25) is 0 Å². The van der Waals surface area contributed by atoms with Crippen molar-refractivity contribution in [2.24, 2.45) is 11.7 Å². The first-order valence-corrected chi connectivity index (χ1v) is 6.22. The number of benzene rings is 2. The molecule has 3 heteroatoms. The summed E-state index contributed by atoms with van der Waals surface area (Å²) in [6, 6.07) is 11.7. The highest BCUT2D eigenvalue weighted by atomic mass is 35.5. The van der Waals surface area contributed by atoms with E-state index in [4.69, 9.17) is 5.73 Å². The third-order valence-corrected chi connectivity index (χ3v) is 3.62. The quantitative estimate of drug-likeness (QED) is 0.886. The van der Waals surface area contributed by atoms with E-state index in [0.29, 0.717) is 5.75 Å². The molecule has 1 aliphatic rings. The molecule has 2 aromatic rings. The van der Waals surface area contributed by atoms with Gasteiger partial charge in [-0.25, -0.2) is 0 Å². The Morgan fingerprint density at radius 1 is 1.11 bits per heavy atom. The number of nitrogens with two attached hydrogens (primary N) is 1. The zero-order chi connectivity index (χ0) is 11.8. The lowest BCUT2D eigenvalue weighted by Crippen LogP contribution is -2.11. The fourth-order valence-electron chi connectivity index (χ4n) is 2.47. The van der Waals surface area contributed by atoms with Crippen LogP contribution < -0.4 is 5.73 Å². The first-order valence-electron chi connectivity index (χ1n) is 6.22. The molecule has 0 radical (unpaired) electrons. The maximum atomic E-state index is 9.83. The van der Waals surface area contributed by atoms with E-state index >= 15 is 0 Å². The first kappa shape index (κ1) is 13.2. The van der Waals surface area contributed by atoms with Gasteiger partial charge >= 0.3 is 0 Å². The van der Waals surface area contributed by atoms with Crippen molar-refractivity contribution >= 4 is 23.2 Å². The number of fused-ring (bicyclic) bond motifs is 1. The molecule has 1 atom stereocenters. The van der Waals surface area contributed by atoms with Crippen molar-refractivity contribution in [3.05, 3.63) is 42.0 Å². The summed E-state index contributed by atoms with van der Waals surface area (Å²) < 4.78 is 0. The van der Waals surface area contributed by atoms with E-state index in [1.807, 2.05) is 30.3 Å². The molecule has 2 nitrogen and oxygen atoms in total. The van der Waals surface area contributed by atoms with Crippen LogP contribution in [0.1, 0.15) is 30.9 Å². The summed E-state index contributed by atoms with van der Waals surface area (Å²) in [6.45, 7) is 0. The number of phenolic OH excluding ortho intramolecular Hbond substituents is 1. The fourth-order valence-corrected chi connectivity index (χ4v) is 2.47. The van der Waals surface area contributed by atoms with Gasteiger partial charge in [0.05, 0.1) is 0 Å². The van der Waals surface area contributed by atoms with E-state index in [2.05, 4.69) is 0 Å². The number of hydrogen-bond acceptors (Lipinski definition) is 2. The topological polar surface area (TPSA) is 46.2 Å². The zero-order valence-electron chi connectivity index (χ0n) is 10.2. The Morgan fingerprint density at radius 2 is 1.78 bits per heavy atom. The minimum Gasteiger partial charge on any atom is -0.507 e. The van der Waals surface area contributed by atoms with Crippen LogP contribution in [0.5, 0.6) is 5.75 Å². The second-order valence-electron chi connectivity index (χ2n) is 5.01. The Hall–Kier alpha value is -1.25. The van der Waals surface area contributed by atoms with Crippen LogP contribution in [0.3, 0.4) is 0 Å². The van der Waals surface area contributed by atoms with Crippen LogP contribution in [-0.4, -0.2) is 5.11 Å². The van der Waals surface area contributed by atoms with E-state index in [9.17, 15) is 5.11 Å². The molecule has 0 heterocycles. The number of halogens is 1. The van der Waals surface area contributed by atoms with E-state index in [1.165, 1.54) is 12.8 Å². The number of aromatic hydroxyl groups is 1. The van der Waals surface area contributed by atoms with Crippen molar-refractivity contribution in [2.45, 2.75) is 25.3 Å². The van der Waals surface area contributed by atoms with E-state index in [-0.39, 0.29) is 18.4 Å². The van der Waals surface area contributed by atoms with Gasteiger partial charge < -0.3 is 10.8 Å². The molecule has 0 aliphatic heterocycles. The third kappa shape index (κ3) is 2.45. The lowest BCUT2D eigenvalue weighted by Gasteiger charge is -2.15. The van der Waals surface area contributed by atoms with E-state index in [1.54, 1.807) is 6.07 Å². The van der Waals surface area contributed by atoms with Crippen LogP contribution in [0.15, 0.2) is 36.4 Å². The Kier molecular flexibility index (Phi) is 3.79. The highest BCUT2D eigenvalue weighted by Crippen LogP contribution is 2.39. The Bertz CT molecular complexity index is 551. The molecule has 0 saturated heterocycles. The highest BCUT2D eigenvalue weighted by molar-refractivity contribution is 5.91. The Labute approximate surface area is 113 Å². The predicted molar refractivity (Wildman–Crippen MR) is 77.1 cm³/mol. The van der Waals surface area contributed by atoms with E-state index in [0.717, 1.165) is 28.7 Å². The lowest BCUT2D eigenvalue weighted by molar-refractivity contribution is 0.481. The molecule has 0 amide bonds. The van der Waals surface area contributed by atoms with Gasteiger partial charge in [-0.15, -0.1) is 12.4 Å².